The molecule has 1 aliphatic rings. The minimum atomic E-state index is 0.374. The number of aromatic nitrogens is 2. The predicted molar refractivity (Wildman–Crippen MR) is 68.4 cm³/mol. The standard InChI is InChI=1S/C12H20ClN3O/c1-12(6-3-2-4-7-12)9-14-11-16-15-10(17-11)5-8-13/h2-9H2,1H3,(H,14,16). The second kappa shape index (κ2) is 5.71. The summed E-state index contributed by atoms with van der Waals surface area (Å²) in [4.78, 5) is 0. The molecule has 1 aromatic heterocycles. The number of halogens is 1. The molecule has 0 saturated heterocycles. The van der Waals surface area contributed by atoms with Crippen LogP contribution in [0.5, 0.6) is 0 Å². The minimum absolute atomic E-state index is 0.374. The molecular formula is C12H20ClN3O. The van der Waals surface area contributed by atoms with Gasteiger partial charge in [-0.05, 0) is 18.3 Å². The topological polar surface area (TPSA) is 51.0 Å². The lowest BCUT2D eigenvalue weighted by Crippen LogP contribution is -2.28. The molecule has 0 radical (unpaired) electrons. The maximum absolute atomic E-state index is 5.62. The van der Waals surface area contributed by atoms with Gasteiger partial charge >= 0.3 is 6.01 Å². The van der Waals surface area contributed by atoms with Crippen molar-refractivity contribution in [2.24, 2.45) is 5.41 Å². The van der Waals surface area contributed by atoms with E-state index in [0.717, 1.165) is 6.54 Å². The van der Waals surface area contributed by atoms with Crippen molar-refractivity contribution in [1.82, 2.24) is 10.2 Å². The fourth-order valence-corrected chi connectivity index (χ4v) is 2.54. The average Bonchev–Trinajstić information content (AvgIpc) is 2.76. The quantitative estimate of drug-likeness (QED) is 0.823. The van der Waals surface area contributed by atoms with E-state index in [1.165, 1.54) is 32.1 Å². The van der Waals surface area contributed by atoms with Crippen molar-refractivity contribution >= 4 is 17.6 Å². The number of rotatable bonds is 5. The Bertz CT molecular complexity index is 347. The highest BCUT2D eigenvalue weighted by Crippen LogP contribution is 2.35. The molecule has 0 spiro atoms. The first-order valence-corrected chi connectivity index (χ1v) is 6.88. The number of aryl methyl sites for hydroxylation is 1. The second-order valence-corrected chi connectivity index (χ2v) is 5.54. The van der Waals surface area contributed by atoms with Gasteiger partial charge in [0.1, 0.15) is 0 Å². The lowest BCUT2D eigenvalue weighted by atomic mass is 9.76. The predicted octanol–water partition coefficient (Wildman–Crippen LogP) is 3.23. The normalized spacial score (nSPS) is 19.2. The Balaban J connectivity index is 1.83. The summed E-state index contributed by atoms with van der Waals surface area (Å²) in [7, 11) is 0. The van der Waals surface area contributed by atoms with Crippen molar-refractivity contribution in [1.29, 1.82) is 0 Å². The van der Waals surface area contributed by atoms with Gasteiger partial charge in [-0.1, -0.05) is 31.3 Å². The lowest BCUT2D eigenvalue weighted by Gasteiger charge is -2.33. The van der Waals surface area contributed by atoms with Crippen molar-refractivity contribution in [3.8, 4) is 0 Å². The largest absolute Gasteiger partial charge is 0.408 e. The van der Waals surface area contributed by atoms with Gasteiger partial charge in [0.2, 0.25) is 5.89 Å². The van der Waals surface area contributed by atoms with E-state index in [4.69, 9.17) is 16.0 Å². The summed E-state index contributed by atoms with van der Waals surface area (Å²) in [6.07, 6.45) is 7.23. The summed E-state index contributed by atoms with van der Waals surface area (Å²) in [5.41, 5.74) is 0.374. The highest BCUT2D eigenvalue weighted by molar-refractivity contribution is 6.17. The number of alkyl halides is 1. The lowest BCUT2D eigenvalue weighted by molar-refractivity contribution is 0.231. The summed E-state index contributed by atoms with van der Waals surface area (Å²) in [6.45, 7) is 3.24. The van der Waals surface area contributed by atoms with Crippen LogP contribution in [0.3, 0.4) is 0 Å². The molecule has 4 nitrogen and oxygen atoms in total. The van der Waals surface area contributed by atoms with Crippen LogP contribution in [0, 0.1) is 5.41 Å². The van der Waals surface area contributed by atoms with Gasteiger partial charge < -0.3 is 9.73 Å². The number of nitrogens with one attached hydrogen (secondary N) is 1. The van der Waals surface area contributed by atoms with Crippen LogP contribution in [-0.2, 0) is 6.42 Å². The SMILES string of the molecule is CC1(CNc2nnc(CCCl)o2)CCCCC1. The van der Waals surface area contributed by atoms with Crippen molar-refractivity contribution in [3.05, 3.63) is 5.89 Å². The highest BCUT2D eigenvalue weighted by atomic mass is 35.5. The molecule has 1 aromatic rings. The molecule has 1 fully saturated rings. The summed E-state index contributed by atoms with van der Waals surface area (Å²) in [5, 5.41) is 11.1. The van der Waals surface area contributed by atoms with Crippen LogP contribution >= 0.6 is 11.6 Å². The van der Waals surface area contributed by atoms with Crippen LogP contribution in [0.4, 0.5) is 6.01 Å². The molecule has 2 rings (SSSR count). The van der Waals surface area contributed by atoms with E-state index < -0.39 is 0 Å². The van der Waals surface area contributed by atoms with Crippen LogP contribution in [0.15, 0.2) is 4.42 Å². The first-order chi connectivity index (χ1) is 8.22. The van der Waals surface area contributed by atoms with Crippen LogP contribution < -0.4 is 5.32 Å². The van der Waals surface area contributed by atoms with Crippen molar-refractivity contribution < 1.29 is 4.42 Å². The minimum Gasteiger partial charge on any atom is -0.408 e. The Morgan fingerprint density at radius 2 is 2.06 bits per heavy atom. The molecule has 0 atom stereocenters. The summed E-state index contributed by atoms with van der Waals surface area (Å²) in [5.74, 6) is 1.12. The zero-order chi connectivity index (χ0) is 12.1. The Morgan fingerprint density at radius 1 is 1.29 bits per heavy atom. The molecule has 0 unspecified atom stereocenters. The molecule has 1 saturated carbocycles. The van der Waals surface area contributed by atoms with Gasteiger partial charge in [0, 0.05) is 18.8 Å². The van der Waals surface area contributed by atoms with E-state index in [1.54, 1.807) is 0 Å². The first kappa shape index (κ1) is 12.7. The fourth-order valence-electron chi connectivity index (χ4n) is 2.38. The monoisotopic (exact) mass is 257 g/mol. The molecule has 0 aromatic carbocycles. The number of hydrogen-bond acceptors (Lipinski definition) is 4. The number of hydrogen-bond donors (Lipinski definition) is 1. The smallest absolute Gasteiger partial charge is 0.315 e. The molecule has 5 heteroatoms. The van der Waals surface area contributed by atoms with Crippen LogP contribution in [0.2, 0.25) is 0 Å². The molecule has 0 amide bonds. The van der Waals surface area contributed by atoms with Gasteiger partial charge in [-0.15, -0.1) is 16.7 Å². The Labute approximate surface area is 107 Å². The van der Waals surface area contributed by atoms with E-state index in [0.29, 0.717) is 29.6 Å². The third kappa shape index (κ3) is 3.60. The van der Waals surface area contributed by atoms with Crippen LogP contribution in [-0.4, -0.2) is 22.6 Å². The summed E-state index contributed by atoms with van der Waals surface area (Å²) >= 11 is 5.62. The zero-order valence-electron chi connectivity index (χ0n) is 10.3. The third-order valence-electron chi connectivity index (χ3n) is 3.50. The van der Waals surface area contributed by atoms with Crippen LogP contribution in [0.1, 0.15) is 44.9 Å². The molecule has 1 N–H and O–H groups in total. The average molecular weight is 258 g/mol. The zero-order valence-corrected chi connectivity index (χ0v) is 11.1. The van der Waals surface area contributed by atoms with E-state index >= 15 is 0 Å². The van der Waals surface area contributed by atoms with Crippen molar-refractivity contribution in [3.63, 3.8) is 0 Å². The van der Waals surface area contributed by atoms with Crippen molar-refractivity contribution in [2.75, 3.05) is 17.7 Å². The van der Waals surface area contributed by atoms with E-state index in [-0.39, 0.29) is 0 Å². The third-order valence-corrected chi connectivity index (χ3v) is 3.69. The summed E-state index contributed by atoms with van der Waals surface area (Å²) in [6, 6.07) is 0.525. The number of nitrogens with zero attached hydrogens (tertiary/aromatic N) is 2. The van der Waals surface area contributed by atoms with Gasteiger partial charge in [-0.3, -0.25) is 0 Å². The Morgan fingerprint density at radius 3 is 2.76 bits per heavy atom. The number of anilines is 1. The Hall–Kier alpha value is -0.770. The summed E-state index contributed by atoms with van der Waals surface area (Å²) < 4.78 is 5.44. The van der Waals surface area contributed by atoms with Gasteiger partial charge in [-0.25, -0.2) is 0 Å². The van der Waals surface area contributed by atoms with E-state index in [1.807, 2.05) is 0 Å². The van der Waals surface area contributed by atoms with Crippen molar-refractivity contribution in [2.45, 2.75) is 45.4 Å². The highest BCUT2D eigenvalue weighted by Gasteiger charge is 2.26. The second-order valence-electron chi connectivity index (χ2n) is 5.16. The molecule has 96 valence electrons. The Kier molecular flexibility index (Phi) is 4.26. The molecule has 17 heavy (non-hydrogen) atoms. The maximum Gasteiger partial charge on any atom is 0.315 e. The molecule has 1 heterocycles. The van der Waals surface area contributed by atoms with Crippen LogP contribution in [0.25, 0.3) is 0 Å². The fraction of sp³-hybridized carbons (Fsp3) is 0.833. The first-order valence-electron chi connectivity index (χ1n) is 6.34. The molecule has 1 aliphatic carbocycles. The molecule has 0 bridgehead atoms. The van der Waals surface area contributed by atoms with Gasteiger partial charge in [0.05, 0.1) is 0 Å². The van der Waals surface area contributed by atoms with E-state index in [9.17, 15) is 0 Å². The maximum atomic E-state index is 5.62. The van der Waals surface area contributed by atoms with Gasteiger partial charge in [0.25, 0.3) is 0 Å². The molecular weight excluding hydrogens is 238 g/mol. The molecule has 0 aliphatic heterocycles. The van der Waals surface area contributed by atoms with Gasteiger partial charge in [-0.2, -0.15) is 0 Å². The van der Waals surface area contributed by atoms with Gasteiger partial charge in [0.15, 0.2) is 0 Å². The van der Waals surface area contributed by atoms with E-state index in [2.05, 4.69) is 22.4 Å².